The normalized spacial score (nSPS) is 16.7. The number of halogens is 1. The number of nitrogens with zero attached hydrogens (tertiary/aromatic N) is 1. The van der Waals surface area contributed by atoms with E-state index in [1.807, 2.05) is 0 Å². The number of alkyl halides is 1. The van der Waals surface area contributed by atoms with Crippen LogP contribution in [0.4, 0.5) is 11.4 Å². The molecule has 0 bridgehead atoms. The molecular weight excluding hydrogens is 301 g/mol. The molecule has 1 aromatic carbocycles. The number of nitrogens with one attached hydrogen (secondary N) is 2. The zero-order valence-electron chi connectivity index (χ0n) is 8.96. The molecule has 0 unspecified atom stereocenters. The Kier molecular flexibility index (Phi) is 4.08. The molecule has 3 nitrogen and oxygen atoms in total. The molecule has 1 aliphatic rings. The van der Waals surface area contributed by atoms with Crippen LogP contribution in [0.1, 0.15) is 0 Å². The predicted octanol–water partition coefficient (Wildman–Crippen LogP) is -1.86. The Balaban J connectivity index is 2.17. The van der Waals surface area contributed by atoms with Crippen molar-refractivity contribution in [1.29, 1.82) is 0 Å². The van der Waals surface area contributed by atoms with Crippen molar-refractivity contribution in [2.24, 2.45) is 0 Å². The molecule has 1 aliphatic heterocycles. The van der Waals surface area contributed by atoms with Gasteiger partial charge in [0.25, 0.3) is 0 Å². The molecule has 0 amide bonds. The molecule has 0 atom stereocenters. The van der Waals surface area contributed by atoms with Crippen molar-refractivity contribution < 1.29 is 21.5 Å². The number of benzene rings is 1. The molecule has 2 N–H and O–H groups in total. The van der Waals surface area contributed by atoms with E-state index in [0.717, 1.165) is 26.2 Å². The average molecular weight is 318 g/mol. The summed E-state index contributed by atoms with van der Waals surface area (Å²) >= 11 is 0.0971. The summed E-state index contributed by atoms with van der Waals surface area (Å²) in [7, 11) is 0. The predicted molar refractivity (Wildman–Crippen MR) is 61.1 cm³/mol. The Bertz CT molecular complexity index is 310. The summed E-state index contributed by atoms with van der Waals surface area (Å²) in [6.07, 6.45) is 0. The van der Waals surface area contributed by atoms with E-state index in [2.05, 4.69) is 42.9 Å². The topological polar surface area (TPSA) is 27.3 Å². The number of hydrogen-bond acceptors (Lipinski definition) is 3. The van der Waals surface area contributed by atoms with Crippen molar-refractivity contribution in [3.63, 3.8) is 0 Å². The van der Waals surface area contributed by atoms with Gasteiger partial charge in [-0.05, 0) is 0 Å². The van der Waals surface area contributed by atoms with Gasteiger partial charge in [0.15, 0.2) is 0 Å². The Hall–Kier alpha value is -0.490. The van der Waals surface area contributed by atoms with Gasteiger partial charge in [-0.1, -0.05) is 0 Å². The van der Waals surface area contributed by atoms with Gasteiger partial charge in [-0.2, -0.15) is 0 Å². The van der Waals surface area contributed by atoms with Crippen LogP contribution in [0.5, 0.6) is 0 Å². The number of anilines is 2. The first-order chi connectivity index (χ1) is 7.42. The number of para-hydroxylation sites is 2. The van der Waals surface area contributed by atoms with Crippen LogP contribution < -0.4 is 35.2 Å². The quantitative estimate of drug-likeness (QED) is 0.389. The summed E-state index contributed by atoms with van der Waals surface area (Å²) in [5.74, 6) is 0. The van der Waals surface area contributed by atoms with E-state index < -0.39 is 0 Å². The monoisotopic (exact) mass is 318 g/mol. The summed E-state index contributed by atoms with van der Waals surface area (Å²) in [4.78, 5) is 4.70. The van der Waals surface area contributed by atoms with E-state index in [-0.39, 0.29) is 21.5 Å². The molecule has 0 radical (unpaired) electrons. The van der Waals surface area contributed by atoms with E-state index in [1.54, 1.807) is 0 Å². The molecule has 1 saturated heterocycles. The van der Waals surface area contributed by atoms with Crippen LogP contribution in [-0.4, -0.2) is 31.1 Å². The fraction of sp³-hybridized carbons (Fsp3) is 0.455. The summed E-state index contributed by atoms with van der Waals surface area (Å²) in [6, 6.07) is 8.62. The number of hydrogen-bond donors (Lipinski definition) is 2. The van der Waals surface area contributed by atoms with Gasteiger partial charge in [0.1, 0.15) is 0 Å². The molecule has 2 rings (SSSR count). The van der Waals surface area contributed by atoms with Crippen molar-refractivity contribution in [2.45, 2.75) is 0 Å². The molecule has 15 heavy (non-hydrogen) atoms. The molecule has 0 aliphatic carbocycles. The van der Waals surface area contributed by atoms with Crippen molar-refractivity contribution in [3.8, 4) is 0 Å². The summed E-state index contributed by atoms with van der Waals surface area (Å²) in [5.41, 5.74) is 2.66. The Morgan fingerprint density at radius 3 is 2.73 bits per heavy atom. The Labute approximate surface area is 102 Å². The maximum atomic E-state index is 3.52. The first-order valence-electron chi connectivity index (χ1n) is 5.21. The van der Waals surface area contributed by atoms with E-state index in [9.17, 15) is 0 Å². The van der Waals surface area contributed by atoms with Gasteiger partial charge in [-0.3, -0.25) is 0 Å². The molecule has 0 aromatic heterocycles. The molecule has 1 aromatic rings. The minimum absolute atomic E-state index is 0.0971. The molecule has 4 heteroatoms. The van der Waals surface area contributed by atoms with Gasteiger partial charge < -0.3 is 0 Å². The summed E-state index contributed by atoms with van der Waals surface area (Å²) in [5, 5.41) is 3.38. The maximum absolute atomic E-state index is 3.52. The molecule has 1 heterocycles. The molecule has 0 saturated carbocycles. The average Bonchev–Trinajstić information content (AvgIpc) is 2.31. The van der Waals surface area contributed by atoms with Crippen LogP contribution >= 0.6 is 0 Å². The zero-order chi connectivity index (χ0) is 10.5. The molecular formula is C11H17IN3-. The van der Waals surface area contributed by atoms with Gasteiger partial charge >= 0.3 is 102 Å². The third kappa shape index (κ3) is 2.75. The third-order valence-electron chi connectivity index (χ3n) is 2.56. The first-order valence-corrected chi connectivity index (χ1v) is 8.44. The Morgan fingerprint density at radius 1 is 1.27 bits per heavy atom. The zero-order valence-corrected chi connectivity index (χ0v) is 11.1. The molecule has 0 spiro atoms. The fourth-order valence-electron chi connectivity index (χ4n) is 1.84. The van der Waals surface area contributed by atoms with Crippen LogP contribution in [-0.2, 0) is 0 Å². The van der Waals surface area contributed by atoms with Gasteiger partial charge in [0.2, 0.25) is 0 Å². The third-order valence-corrected chi connectivity index (χ3v) is 3.68. The second kappa shape index (κ2) is 5.55. The van der Waals surface area contributed by atoms with Crippen LogP contribution in [0, 0.1) is 0 Å². The molecule has 1 fully saturated rings. The van der Waals surface area contributed by atoms with E-state index in [4.69, 9.17) is 0 Å². The van der Waals surface area contributed by atoms with Crippen molar-refractivity contribution >= 4 is 11.4 Å². The summed E-state index contributed by atoms with van der Waals surface area (Å²) in [6.45, 7) is 4.41. The number of rotatable bonds is 3. The van der Waals surface area contributed by atoms with E-state index in [1.165, 1.54) is 11.4 Å². The van der Waals surface area contributed by atoms with Crippen LogP contribution in [0.15, 0.2) is 24.3 Å². The van der Waals surface area contributed by atoms with E-state index >= 15 is 0 Å². The second-order valence-electron chi connectivity index (χ2n) is 3.54. The standard InChI is InChI=1S/C11H17IN3/c1-12-14-10-4-2-3-5-11(10)15-8-6-13-7-9-15/h2-5,13-14H,6-9H2,1H3/q-1. The van der Waals surface area contributed by atoms with E-state index in [0.29, 0.717) is 0 Å². The van der Waals surface area contributed by atoms with Crippen LogP contribution in [0.3, 0.4) is 0 Å². The fourth-order valence-corrected chi connectivity index (χ4v) is 2.87. The SMILES string of the molecule is C[I-]Nc1ccccc1N1CCNCC1. The van der Waals surface area contributed by atoms with Crippen molar-refractivity contribution in [3.05, 3.63) is 24.3 Å². The second-order valence-corrected chi connectivity index (χ2v) is 5.16. The van der Waals surface area contributed by atoms with Crippen molar-refractivity contribution in [2.75, 3.05) is 39.5 Å². The van der Waals surface area contributed by atoms with Gasteiger partial charge in [-0.25, -0.2) is 0 Å². The number of piperazine rings is 1. The molecule has 84 valence electrons. The van der Waals surface area contributed by atoms with Crippen molar-refractivity contribution in [1.82, 2.24) is 5.32 Å². The Morgan fingerprint density at radius 2 is 2.00 bits per heavy atom. The van der Waals surface area contributed by atoms with Crippen LogP contribution in [0.25, 0.3) is 0 Å². The first kappa shape index (κ1) is 11.0. The van der Waals surface area contributed by atoms with Gasteiger partial charge in [0.05, 0.1) is 0 Å². The van der Waals surface area contributed by atoms with Crippen LogP contribution in [0.2, 0.25) is 0 Å². The van der Waals surface area contributed by atoms with Gasteiger partial charge in [-0.15, -0.1) is 0 Å². The minimum atomic E-state index is 0.0971. The van der Waals surface area contributed by atoms with Gasteiger partial charge in [0, 0.05) is 0 Å². The summed E-state index contributed by atoms with van der Waals surface area (Å²) < 4.78 is 3.52.